The number of nitrogens with zero attached hydrogens (tertiary/aromatic N) is 1. The molecule has 2 aromatic rings. The molecule has 0 radical (unpaired) electrons. The van der Waals surface area contributed by atoms with Crippen LogP contribution >= 0.6 is 0 Å². The van der Waals surface area contributed by atoms with Crippen LogP contribution in [0, 0.1) is 0 Å². The third-order valence-corrected chi connectivity index (χ3v) is 3.95. The number of fused-ring (bicyclic) bond motifs is 1. The maximum Gasteiger partial charge on any atom is 0.244 e. The Bertz CT molecular complexity index is 758. The van der Waals surface area contributed by atoms with Crippen LogP contribution in [-0.4, -0.2) is 25.0 Å². The normalized spacial score (nSPS) is 13.7. The van der Waals surface area contributed by atoms with E-state index in [1.54, 1.807) is 6.07 Å². The van der Waals surface area contributed by atoms with E-state index in [4.69, 9.17) is 4.74 Å². The lowest BCUT2D eigenvalue weighted by Gasteiger charge is -2.21. The van der Waals surface area contributed by atoms with E-state index in [1.165, 1.54) is 4.90 Å². The molecular weight excluding hydrogens is 304 g/mol. The van der Waals surface area contributed by atoms with Gasteiger partial charge in [-0.1, -0.05) is 31.2 Å². The summed E-state index contributed by atoms with van der Waals surface area (Å²) in [6, 6.07) is 15.0. The Hall–Kier alpha value is -2.82. The van der Waals surface area contributed by atoms with Crippen molar-refractivity contribution in [1.29, 1.82) is 0 Å². The largest absolute Gasteiger partial charge is 0.491 e. The summed E-state index contributed by atoms with van der Waals surface area (Å²) < 4.78 is 5.59. The summed E-state index contributed by atoms with van der Waals surface area (Å²) in [5.41, 5.74) is 2.53. The fourth-order valence-electron chi connectivity index (χ4n) is 2.71. The average molecular weight is 324 g/mol. The van der Waals surface area contributed by atoms with Crippen molar-refractivity contribution in [2.24, 2.45) is 0 Å². The van der Waals surface area contributed by atoms with Crippen LogP contribution < -0.4 is 15.0 Å². The molecule has 0 saturated heterocycles. The molecule has 24 heavy (non-hydrogen) atoms. The molecule has 0 spiro atoms. The quantitative estimate of drug-likeness (QED) is 0.940. The monoisotopic (exact) mass is 324 g/mol. The summed E-state index contributed by atoms with van der Waals surface area (Å²) in [5.74, 6) is 0.287. The number of aryl methyl sites for hydroxylation is 1. The number of hydrogen-bond acceptors (Lipinski definition) is 3. The van der Waals surface area contributed by atoms with Gasteiger partial charge in [0.05, 0.1) is 18.7 Å². The van der Waals surface area contributed by atoms with Gasteiger partial charge in [-0.3, -0.25) is 14.5 Å². The Morgan fingerprint density at radius 1 is 1.21 bits per heavy atom. The highest BCUT2D eigenvalue weighted by Gasteiger charge is 2.24. The van der Waals surface area contributed by atoms with Gasteiger partial charge in [-0.2, -0.15) is 0 Å². The fourth-order valence-corrected chi connectivity index (χ4v) is 2.71. The number of benzene rings is 2. The molecule has 0 aliphatic carbocycles. The number of para-hydroxylation sites is 2. The molecule has 1 aliphatic rings. The lowest BCUT2D eigenvalue weighted by Crippen LogP contribution is -2.37. The zero-order valence-electron chi connectivity index (χ0n) is 13.6. The molecular formula is C19H20N2O3. The number of anilines is 2. The van der Waals surface area contributed by atoms with Gasteiger partial charge >= 0.3 is 0 Å². The van der Waals surface area contributed by atoms with Gasteiger partial charge in [0.2, 0.25) is 11.8 Å². The molecule has 0 aromatic heterocycles. The smallest absolute Gasteiger partial charge is 0.244 e. The van der Waals surface area contributed by atoms with E-state index in [0.29, 0.717) is 18.0 Å². The van der Waals surface area contributed by atoms with Crippen molar-refractivity contribution in [1.82, 2.24) is 0 Å². The minimum absolute atomic E-state index is 0.0322. The summed E-state index contributed by atoms with van der Waals surface area (Å²) in [6.07, 6.45) is 1.16. The van der Waals surface area contributed by atoms with Crippen LogP contribution in [0.5, 0.6) is 5.75 Å². The van der Waals surface area contributed by atoms with Gasteiger partial charge in [0.1, 0.15) is 12.3 Å². The predicted octanol–water partition coefficient (Wildman–Crippen LogP) is 3.00. The van der Waals surface area contributed by atoms with E-state index >= 15 is 0 Å². The molecule has 2 amide bonds. The molecule has 124 valence electrons. The van der Waals surface area contributed by atoms with Crippen molar-refractivity contribution in [2.75, 3.05) is 23.4 Å². The number of nitrogens with one attached hydrogen (secondary N) is 1. The van der Waals surface area contributed by atoms with Gasteiger partial charge in [0, 0.05) is 5.69 Å². The Balaban J connectivity index is 1.76. The summed E-state index contributed by atoms with van der Waals surface area (Å²) in [5, 5.41) is 2.86. The van der Waals surface area contributed by atoms with Crippen molar-refractivity contribution >= 4 is 23.2 Å². The van der Waals surface area contributed by atoms with Crippen molar-refractivity contribution in [3.63, 3.8) is 0 Å². The number of carbonyl (C=O) groups is 2. The molecule has 2 aromatic carbocycles. The molecule has 5 heteroatoms. The van der Waals surface area contributed by atoms with E-state index in [9.17, 15) is 9.59 Å². The summed E-state index contributed by atoms with van der Waals surface area (Å²) >= 11 is 0. The topological polar surface area (TPSA) is 58.6 Å². The van der Waals surface area contributed by atoms with Crippen molar-refractivity contribution in [2.45, 2.75) is 19.8 Å². The van der Waals surface area contributed by atoms with Crippen molar-refractivity contribution < 1.29 is 14.3 Å². The number of hydrogen-bond donors (Lipinski definition) is 1. The Labute approximate surface area is 141 Å². The predicted molar refractivity (Wildman–Crippen MR) is 93.4 cm³/mol. The van der Waals surface area contributed by atoms with E-state index in [0.717, 1.165) is 17.7 Å². The number of amides is 2. The van der Waals surface area contributed by atoms with Gasteiger partial charge in [0.25, 0.3) is 0 Å². The van der Waals surface area contributed by atoms with Gasteiger partial charge in [0.15, 0.2) is 0 Å². The van der Waals surface area contributed by atoms with Gasteiger partial charge < -0.3 is 10.1 Å². The molecule has 1 heterocycles. The molecule has 0 atom stereocenters. The Kier molecular flexibility index (Phi) is 4.79. The Morgan fingerprint density at radius 3 is 2.88 bits per heavy atom. The second-order valence-electron chi connectivity index (χ2n) is 5.65. The van der Waals surface area contributed by atoms with Crippen molar-refractivity contribution in [3.05, 3.63) is 54.1 Å². The van der Waals surface area contributed by atoms with E-state index in [-0.39, 0.29) is 24.8 Å². The summed E-state index contributed by atoms with van der Waals surface area (Å²) in [7, 11) is 0. The fraction of sp³-hybridized carbons (Fsp3) is 0.263. The van der Waals surface area contributed by atoms with Crippen LogP contribution in [0.25, 0.3) is 0 Å². The number of rotatable bonds is 4. The summed E-state index contributed by atoms with van der Waals surface area (Å²) in [4.78, 5) is 26.2. The first-order chi connectivity index (χ1) is 11.7. The third-order valence-electron chi connectivity index (χ3n) is 3.95. The first-order valence-corrected chi connectivity index (χ1v) is 8.08. The van der Waals surface area contributed by atoms with Crippen molar-refractivity contribution in [3.8, 4) is 5.75 Å². The molecule has 0 saturated carbocycles. The first-order valence-electron chi connectivity index (χ1n) is 8.08. The highest BCUT2D eigenvalue weighted by Crippen LogP contribution is 2.30. The second-order valence-corrected chi connectivity index (χ2v) is 5.65. The molecule has 5 nitrogen and oxygen atoms in total. The standard InChI is InChI=1S/C19H20N2O3/c1-2-14-6-5-7-15(12-14)20-18(22)13-21-16-8-3-4-9-17(16)24-11-10-19(21)23/h3-9,12H,2,10-11,13H2,1H3,(H,20,22). The molecule has 0 unspecified atom stereocenters. The second kappa shape index (κ2) is 7.17. The SMILES string of the molecule is CCc1cccc(NC(=O)CN2C(=O)CCOc3ccccc32)c1. The van der Waals surface area contributed by atoms with Crippen LogP contribution in [0.3, 0.4) is 0 Å². The summed E-state index contributed by atoms with van der Waals surface area (Å²) in [6.45, 7) is 2.36. The average Bonchev–Trinajstić information content (AvgIpc) is 2.74. The van der Waals surface area contributed by atoms with Crippen LogP contribution in [0.15, 0.2) is 48.5 Å². The third kappa shape index (κ3) is 3.56. The molecule has 1 aliphatic heterocycles. The molecule has 3 rings (SSSR count). The van der Waals surface area contributed by atoms with Crippen LogP contribution in [-0.2, 0) is 16.0 Å². The van der Waals surface area contributed by atoms with Crippen LogP contribution in [0.1, 0.15) is 18.9 Å². The minimum atomic E-state index is -0.228. The lowest BCUT2D eigenvalue weighted by atomic mass is 10.1. The highest BCUT2D eigenvalue weighted by atomic mass is 16.5. The number of carbonyl (C=O) groups excluding carboxylic acids is 2. The highest BCUT2D eigenvalue weighted by molar-refractivity contribution is 6.03. The molecule has 1 N–H and O–H groups in total. The minimum Gasteiger partial charge on any atom is -0.491 e. The molecule has 0 fully saturated rings. The zero-order chi connectivity index (χ0) is 16.9. The Morgan fingerprint density at radius 2 is 2.04 bits per heavy atom. The maximum absolute atomic E-state index is 12.4. The van der Waals surface area contributed by atoms with E-state index < -0.39 is 0 Å². The van der Waals surface area contributed by atoms with Gasteiger partial charge in [-0.25, -0.2) is 0 Å². The zero-order valence-corrected chi connectivity index (χ0v) is 13.6. The maximum atomic E-state index is 12.4. The van der Waals surface area contributed by atoms with Gasteiger partial charge in [-0.15, -0.1) is 0 Å². The molecule has 0 bridgehead atoms. The lowest BCUT2D eigenvalue weighted by molar-refractivity contribution is -0.121. The number of ether oxygens (including phenoxy) is 1. The van der Waals surface area contributed by atoms with Crippen LogP contribution in [0.2, 0.25) is 0 Å². The van der Waals surface area contributed by atoms with E-state index in [1.807, 2.05) is 42.5 Å². The van der Waals surface area contributed by atoms with Gasteiger partial charge in [-0.05, 0) is 36.2 Å². The first kappa shape index (κ1) is 16.1. The van der Waals surface area contributed by atoms with Crippen LogP contribution in [0.4, 0.5) is 11.4 Å². The van der Waals surface area contributed by atoms with E-state index in [2.05, 4.69) is 12.2 Å².